The van der Waals surface area contributed by atoms with E-state index in [4.69, 9.17) is 5.73 Å². The number of hydrogen-bond acceptors (Lipinski definition) is 3. The van der Waals surface area contributed by atoms with Gasteiger partial charge in [-0.05, 0) is 24.3 Å². The van der Waals surface area contributed by atoms with Crippen LogP contribution in [0.15, 0.2) is 17.5 Å². The highest BCUT2D eigenvalue weighted by atomic mass is 32.1. The minimum Gasteiger partial charge on any atom is -0.352 e. The van der Waals surface area contributed by atoms with Crippen LogP contribution in [0.2, 0.25) is 0 Å². The fourth-order valence-corrected chi connectivity index (χ4v) is 3.29. The van der Waals surface area contributed by atoms with Gasteiger partial charge in [-0.25, -0.2) is 4.79 Å². The molecule has 3 amide bonds. The molecule has 0 aromatic carbocycles. The van der Waals surface area contributed by atoms with E-state index in [1.165, 1.54) is 24.2 Å². The number of amides is 3. The van der Waals surface area contributed by atoms with Gasteiger partial charge in [0.05, 0.1) is 12.5 Å². The SMILES string of the molecule is NC(=O)N[C@H](CC(=O)N1CCCCCC1)c1cccs1. The van der Waals surface area contributed by atoms with Crippen LogP contribution in [0, 0.1) is 0 Å². The average molecular weight is 295 g/mol. The molecule has 110 valence electrons. The van der Waals surface area contributed by atoms with Crippen molar-refractivity contribution in [2.75, 3.05) is 13.1 Å². The number of carbonyl (C=O) groups excluding carboxylic acids is 2. The summed E-state index contributed by atoms with van der Waals surface area (Å²) in [5.41, 5.74) is 5.21. The monoisotopic (exact) mass is 295 g/mol. The molecule has 0 saturated carbocycles. The van der Waals surface area contributed by atoms with Crippen LogP contribution in [0.4, 0.5) is 4.79 Å². The summed E-state index contributed by atoms with van der Waals surface area (Å²) in [4.78, 5) is 26.4. The summed E-state index contributed by atoms with van der Waals surface area (Å²) in [6.07, 6.45) is 4.80. The molecule has 1 atom stereocenters. The molecule has 1 aliphatic heterocycles. The minimum atomic E-state index is -0.591. The number of hydrogen-bond donors (Lipinski definition) is 2. The van der Waals surface area contributed by atoms with Gasteiger partial charge in [0.2, 0.25) is 5.91 Å². The average Bonchev–Trinajstić information content (AvgIpc) is 2.79. The van der Waals surface area contributed by atoms with Crippen molar-refractivity contribution in [3.8, 4) is 0 Å². The molecule has 20 heavy (non-hydrogen) atoms. The second-order valence-corrected chi connectivity index (χ2v) is 6.05. The molecule has 0 aliphatic carbocycles. The molecular weight excluding hydrogens is 274 g/mol. The highest BCUT2D eigenvalue weighted by Crippen LogP contribution is 2.23. The van der Waals surface area contributed by atoms with Crippen molar-refractivity contribution < 1.29 is 9.59 Å². The molecule has 1 saturated heterocycles. The van der Waals surface area contributed by atoms with Gasteiger partial charge in [0.1, 0.15) is 0 Å². The number of urea groups is 1. The van der Waals surface area contributed by atoms with Crippen molar-refractivity contribution in [1.82, 2.24) is 10.2 Å². The van der Waals surface area contributed by atoms with Gasteiger partial charge in [-0.15, -0.1) is 11.3 Å². The molecule has 2 rings (SSSR count). The lowest BCUT2D eigenvalue weighted by molar-refractivity contribution is -0.131. The summed E-state index contributed by atoms with van der Waals surface area (Å²) < 4.78 is 0. The van der Waals surface area contributed by atoms with E-state index in [0.717, 1.165) is 30.8 Å². The van der Waals surface area contributed by atoms with Gasteiger partial charge in [-0.1, -0.05) is 18.9 Å². The number of nitrogens with one attached hydrogen (secondary N) is 1. The van der Waals surface area contributed by atoms with E-state index in [-0.39, 0.29) is 18.4 Å². The minimum absolute atomic E-state index is 0.0963. The molecule has 6 heteroatoms. The van der Waals surface area contributed by atoms with E-state index in [1.54, 1.807) is 0 Å². The second kappa shape index (κ2) is 7.28. The zero-order valence-corrected chi connectivity index (χ0v) is 12.3. The lowest BCUT2D eigenvalue weighted by Gasteiger charge is -2.23. The molecule has 1 aromatic heterocycles. The normalized spacial score (nSPS) is 17.3. The molecule has 1 aromatic rings. The van der Waals surface area contributed by atoms with E-state index in [2.05, 4.69) is 5.32 Å². The Hall–Kier alpha value is -1.56. The Labute approximate surface area is 123 Å². The summed E-state index contributed by atoms with van der Waals surface area (Å²) >= 11 is 1.52. The van der Waals surface area contributed by atoms with Crippen LogP contribution < -0.4 is 11.1 Å². The van der Waals surface area contributed by atoms with Crippen molar-refractivity contribution >= 4 is 23.3 Å². The predicted octanol–water partition coefficient (Wildman–Crippen LogP) is 2.25. The van der Waals surface area contributed by atoms with Crippen molar-refractivity contribution in [3.63, 3.8) is 0 Å². The number of likely N-dealkylation sites (tertiary alicyclic amines) is 1. The Kier molecular flexibility index (Phi) is 5.40. The smallest absolute Gasteiger partial charge is 0.312 e. The fourth-order valence-electron chi connectivity index (χ4n) is 2.51. The van der Waals surface area contributed by atoms with Gasteiger partial charge in [-0.2, -0.15) is 0 Å². The third-order valence-electron chi connectivity index (χ3n) is 3.54. The number of carbonyl (C=O) groups is 2. The summed E-state index contributed by atoms with van der Waals surface area (Å²) in [6, 6.07) is 2.92. The van der Waals surface area contributed by atoms with Crippen LogP contribution in [0.5, 0.6) is 0 Å². The Morgan fingerprint density at radius 3 is 2.55 bits per heavy atom. The Balaban J connectivity index is 1.99. The molecule has 1 fully saturated rings. The fraction of sp³-hybridized carbons (Fsp3) is 0.571. The largest absolute Gasteiger partial charge is 0.352 e. The van der Waals surface area contributed by atoms with E-state index in [1.807, 2.05) is 22.4 Å². The van der Waals surface area contributed by atoms with Crippen molar-refractivity contribution in [1.29, 1.82) is 0 Å². The number of nitrogens with two attached hydrogens (primary N) is 1. The lowest BCUT2D eigenvalue weighted by atomic mass is 10.1. The summed E-state index contributed by atoms with van der Waals surface area (Å²) in [7, 11) is 0. The Morgan fingerprint density at radius 1 is 1.30 bits per heavy atom. The van der Waals surface area contributed by atoms with Crippen LogP contribution in [-0.4, -0.2) is 29.9 Å². The van der Waals surface area contributed by atoms with Gasteiger partial charge in [-0.3, -0.25) is 4.79 Å². The van der Waals surface area contributed by atoms with Crippen LogP contribution in [0.25, 0.3) is 0 Å². The van der Waals surface area contributed by atoms with Gasteiger partial charge < -0.3 is 16.0 Å². The van der Waals surface area contributed by atoms with Crippen LogP contribution >= 0.6 is 11.3 Å². The first-order chi connectivity index (χ1) is 9.66. The molecule has 0 bridgehead atoms. The number of rotatable bonds is 4. The maximum atomic E-state index is 12.4. The third-order valence-corrected chi connectivity index (χ3v) is 4.53. The molecule has 1 aliphatic rings. The molecule has 2 heterocycles. The first-order valence-electron chi connectivity index (χ1n) is 7.04. The maximum Gasteiger partial charge on any atom is 0.312 e. The molecule has 0 radical (unpaired) electrons. The van der Waals surface area contributed by atoms with Gasteiger partial charge in [0.25, 0.3) is 0 Å². The van der Waals surface area contributed by atoms with Crippen LogP contribution in [0.3, 0.4) is 0 Å². The molecule has 5 nitrogen and oxygen atoms in total. The van der Waals surface area contributed by atoms with E-state index < -0.39 is 6.03 Å². The predicted molar refractivity (Wildman–Crippen MR) is 79.4 cm³/mol. The zero-order chi connectivity index (χ0) is 14.4. The standard InChI is InChI=1S/C14H21N3O2S/c15-14(19)16-11(12-6-5-9-20-12)10-13(18)17-7-3-1-2-4-8-17/h5-6,9,11H,1-4,7-8,10H2,(H3,15,16,19)/t11-/m1/s1. The topological polar surface area (TPSA) is 75.4 Å². The molecular formula is C14H21N3O2S. The summed E-state index contributed by atoms with van der Waals surface area (Å²) in [5.74, 6) is 0.0963. The van der Waals surface area contributed by atoms with Crippen molar-refractivity contribution in [2.24, 2.45) is 5.73 Å². The Morgan fingerprint density at radius 2 is 2.00 bits per heavy atom. The van der Waals surface area contributed by atoms with E-state index >= 15 is 0 Å². The third kappa shape index (κ3) is 4.23. The molecule has 0 spiro atoms. The lowest BCUT2D eigenvalue weighted by Crippen LogP contribution is -2.38. The number of primary amides is 1. The number of thiophene rings is 1. The second-order valence-electron chi connectivity index (χ2n) is 5.08. The van der Waals surface area contributed by atoms with Crippen molar-refractivity contribution in [3.05, 3.63) is 22.4 Å². The molecule has 3 N–H and O–H groups in total. The summed E-state index contributed by atoms with van der Waals surface area (Å²) in [6.45, 7) is 1.65. The maximum absolute atomic E-state index is 12.4. The zero-order valence-electron chi connectivity index (χ0n) is 11.5. The van der Waals surface area contributed by atoms with Gasteiger partial charge in [0, 0.05) is 18.0 Å². The van der Waals surface area contributed by atoms with Gasteiger partial charge >= 0.3 is 6.03 Å². The highest BCUT2D eigenvalue weighted by Gasteiger charge is 2.22. The van der Waals surface area contributed by atoms with E-state index in [0.29, 0.717) is 0 Å². The first kappa shape index (κ1) is 14.8. The summed E-state index contributed by atoms with van der Waals surface area (Å²) in [5, 5.41) is 4.60. The molecule has 0 unspecified atom stereocenters. The van der Waals surface area contributed by atoms with Crippen LogP contribution in [-0.2, 0) is 4.79 Å². The van der Waals surface area contributed by atoms with E-state index in [9.17, 15) is 9.59 Å². The van der Waals surface area contributed by atoms with Crippen molar-refractivity contribution in [2.45, 2.75) is 38.1 Å². The quantitative estimate of drug-likeness (QED) is 0.894. The Bertz CT molecular complexity index is 439. The number of nitrogens with zero attached hydrogens (tertiary/aromatic N) is 1. The first-order valence-corrected chi connectivity index (χ1v) is 7.92. The van der Waals surface area contributed by atoms with Gasteiger partial charge in [0.15, 0.2) is 0 Å². The van der Waals surface area contributed by atoms with Crippen LogP contribution in [0.1, 0.15) is 43.0 Å². The highest BCUT2D eigenvalue weighted by molar-refractivity contribution is 7.10.